The number of methoxy groups -OCH3 is 1. The van der Waals surface area contributed by atoms with Gasteiger partial charge in [-0.2, -0.15) is 0 Å². The van der Waals surface area contributed by atoms with Crippen LogP contribution in [0.3, 0.4) is 0 Å². The van der Waals surface area contributed by atoms with Crippen molar-refractivity contribution < 1.29 is 4.74 Å². The van der Waals surface area contributed by atoms with Crippen LogP contribution in [0.1, 0.15) is 26.2 Å². The van der Waals surface area contributed by atoms with E-state index in [9.17, 15) is 0 Å². The summed E-state index contributed by atoms with van der Waals surface area (Å²) < 4.78 is 5.17. The topological polar surface area (TPSA) is 21.3 Å². The molecule has 2 atom stereocenters. The van der Waals surface area contributed by atoms with E-state index in [0.29, 0.717) is 12.1 Å². The van der Waals surface area contributed by atoms with Crippen LogP contribution in [0.5, 0.6) is 0 Å². The largest absolute Gasteiger partial charge is 0.382 e. The van der Waals surface area contributed by atoms with Gasteiger partial charge in [-0.05, 0) is 33.2 Å². The van der Waals surface area contributed by atoms with E-state index in [1.54, 1.807) is 7.11 Å². The minimum Gasteiger partial charge on any atom is -0.382 e. The van der Waals surface area contributed by atoms with E-state index in [0.717, 1.165) is 19.3 Å². The van der Waals surface area contributed by atoms with Crippen LogP contribution in [0.15, 0.2) is 12.7 Å². The molecule has 0 amide bonds. The Hall–Kier alpha value is -0.340. The highest BCUT2D eigenvalue weighted by Gasteiger charge is 2.06. The second-order valence-electron chi connectivity index (χ2n) is 3.13. The molecule has 0 rings (SSSR count). The maximum absolute atomic E-state index is 5.17. The lowest BCUT2D eigenvalue weighted by Gasteiger charge is -2.16. The molecule has 72 valence electrons. The van der Waals surface area contributed by atoms with Crippen molar-refractivity contribution in [3.05, 3.63) is 12.7 Å². The molecule has 2 nitrogen and oxygen atoms in total. The fraction of sp³-hybridized carbons (Fsp3) is 0.800. The van der Waals surface area contributed by atoms with Gasteiger partial charge in [0, 0.05) is 13.2 Å². The monoisotopic (exact) mass is 171 g/mol. The molecule has 0 aliphatic heterocycles. The molecule has 0 aliphatic carbocycles. The fourth-order valence-corrected chi connectivity index (χ4v) is 1.13. The average Bonchev–Trinajstić information content (AvgIpc) is 2.11. The molecule has 2 unspecified atom stereocenters. The first-order chi connectivity index (χ1) is 5.74. The molecule has 0 fully saturated rings. The SMILES string of the molecule is C=CCC(CCC(C)OC)NC. The van der Waals surface area contributed by atoms with Crippen LogP contribution in [-0.4, -0.2) is 26.3 Å². The zero-order valence-electron chi connectivity index (χ0n) is 8.47. The molecule has 0 saturated heterocycles. The smallest absolute Gasteiger partial charge is 0.0543 e. The van der Waals surface area contributed by atoms with Gasteiger partial charge in [-0.15, -0.1) is 6.58 Å². The Morgan fingerprint density at radius 1 is 1.50 bits per heavy atom. The summed E-state index contributed by atoms with van der Waals surface area (Å²) in [6.45, 7) is 5.82. The van der Waals surface area contributed by atoms with Crippen molar-refractivity contribution in [1.82, 2.24) is 5.32 Å². The van der Waals surface area contributed by atoms with Crippen LogP contribution < -0.4 is 5.32 Å². The van der Waals surface area contributed by atoms with E-state index < -0.39 is 0 Å². The van der Waals surface area contributed by atoms with Crippen LogP contribution in [0.25, 0.3) is 0 Å². The van der Waals surface area contributed by atoms with Gasteiger partial charge in [0.2, 0.25) is 0 Å². The molecule has 0 aliphatic rings. The van der Waals surface area contributed by atoms with Gasteiger partial charge in [0.15, 0.2) is 0 Å². The molecule has 0 aromatic rings. The van der Waals surface area contributed by atoms with Crippen LogP contribution in [0, 0.1) is 0 Å². The Morgan fingerprint density at radius 3 is 2.58 bits per heavy atom. The van der Waals surface area contributed by atoms with Crippen LogP contribution in [0.2, 0.25) is 0 Å². The third-order valence-corrected chi connectivity index (χ3v) is 2.18. The molecule has 0 aromatic carbocycles. The first-order valence-electron chi connectivity index (χ1n) is 4.55. The maximum Gasteiger partial charge on any atom is 0.0543 e. The summed E-state index contributed by atoms with van der Waals surface area (Å²) in [6, 6.07) is 0.556. The van der Waals surface area contributed by atoms with E-state index in [2.05, 4.69) is 18.8 Å². The molecular formula is C10H21NO. The first-order valence-corrected chi connectivity index (χ1v) is 4.55. The third-order valence-electron chi connectivity index (χ3n) is 2.18. The van der Waals surface area contributed by atoms with Crippen LogP contribution in [-0.2, 0) is 4.74 Å². The minimum absolute atomic E-state index is 0.366. The van der Waals surface area contributed by atoms with Crippen molar-refractivity contribution >= 4 is 0 Å². The number of hydrogen-bond donors (Lipinski definition) is 1. The van der Waals surface area contributed by atoms with Crippen molar-refractivity contribution in [1.29, 1.82) is 0 Å². The van der Waals surface area contributed by atoms with Crippen LogP contribution >= 0.6 is 0 Å². The Morgan fingerprint density at radius 2 is 2.17 bits per heavy atom. The van der Waals surface area contributed by atoms with Gasteiger partial charge in [-0.25, -0.2) is 0 Å². The van der Waals surface area contributed by atoms with Crippen molar-refractivity contribution in [3.63, 3.8) is 0 Å². The third kappa shape index (κ3) is 5.33. The predicted octanol–water partition coefficient (Wildman–Crippen LogP) is 1.97. The summed E-state index contributed by atoms with van der Waals surface area (Å²) in [5, 5.41) is 3.26. The van der Waals surface area contributed by atoms with E-state index in [4.69, 9.17) is 4.74 Å². The molecule has 0 saturated carbocycles. The number of hydrogen-bond acceptors (Lipinski definition) is 2. The quantitative estimate of drug-likeness (QED) is 0.591. The van der Waals surface area contributed by atoms with E-state index in [-0.39, 0.29) is 0 Å². The maximum atomic E-state index is 5.17. The number of rotatable bonds is 7. The van der Waals surface area contributed by atoms with E-state index in [1.807, 2.05) is 13.1 Å². The van der Waals surface area contributed by atoms with Gasteiger partial charge < -0.3 is 10.1 Å². The molecule has 1 N–H and O–H groups in total. The Bertz CT molecular complexity index is 114. The van der Waals surface area contributed by atoms with Gasteiger partial charge in [0.1, 0.15) is 0 Å². The standard InChI is InChI=1S/C10H21NO/c1-5-6-10(11-3)8-7-9(2)12-4/h5,9-11H,1,6-8H2,2-4H3. The minimum atomic E-state index is 0.366. The molecule has 0 heterocycles. The second kappa shape index (κ2) is 7.32. The van der Waals surface area contributed by atoms with Gasteiger partial charge >= 0.3 is 0 Å². The predicted molar refractivity (Wildman–Crippen MR) is 53.4 cm³/mol. The molecule has 12 heavy (non-hydrogen) atoms. The summed E-state index contributed by atoms with van der Waals surface area (Å²) in [4.78, 5) is 0. The van der Waals surface area contributed by atoms with E-state index >= 15 is 0 Å². The summed E-state index contributed by atoms with van der Waals surface area (Å²) in [5.41, 5.74) is 0. The zero-order valence-corrected chi connectivity index (χ0v) is 8.47. The molecular weight excluding hydrogens is 150 g/mol. The van der Waals surface area contributed by atoms with E-state index in [1.165, 1.54) is 0 Å². The fourth-order valence-electron chi connectivity index (χ4n) is 1.13. The second-order valence-corrected chi connectivity index (χ2v) is 3.13. The first kappa shape index (κ1) is 11.7. The van der Waals surface area contributed by atoms with Crippen LogP contribution in [0.4, 0.5) is 0 Å². The highest BCUT2D eigenvalue weighted by atomic mass is 16.5. The average molecular weight is 171 g/mol. The molecule has 0 bridgehead atoms. The normalized spacial score (nSPS) is 15.6. The number of ether oxygens (including phenoxy) is 1. The highest BCUT2D eigenvalue weighted by molar-refractivity contribution is 4.77. The van der Waals surface area contributed by atoms with Gasteiger partial charge in [0.25, 0.3) is 0 Å². The zero-order chi connectivity index (χ0) is 9.40. The van der Waals surface area contributed by atoms with Crippen molar-refractivity contribution in [3.8, 4) is 0 Å². The Labute approximate surface area is 76.0 Å². The van der Waals surface area contributed by atoms with Crippen molar-refractivity contribution in [2.24, 2.45) is 0 Å². The summed E-state index contributed by atoms with van der Waals surface area (Å²) in [6.07, 6.45) is 5.62. The van der Waals surface area contributed by atoms with Gasteiger partial charge in [-0.1, -0.05) is 6.08 Å². The summed E-state index contributed by atoms with van der Waals surface area (Å²) in [7, 11) is 3.75. The lowest BCUT2D eigenvalue weighted by molar-refractivity contribution is 0.106. The highest BCUT2D eigenvalue weighted by Crippen LogP contribution is 2.06. The van der Waals surface area contributed by atoms with Crippen molar-refractivity contribution in [2.45, 2.75) is 38.3 Å². The summed E-state index contributed by atoms with van der Waals surface area (Å²) in [5.74, 6) is 0. The van der Waals surface area contributed by atoms with Gasteiger partial charge in [-0.3, -0.25) is 0 Å². The van der Waals surface area contributed by atoms with Crippen molar-refractivity contribution in [2.75, 3.05) is 14.2 Å². The summed E-state index contributed by atoms with van der Waals surface area (Å²) >= 11 is 0. The molecule has 0 spiro atoms. The Balaban J connectivity index is 3.49. The lowest BCUT2D eigenvalue weighted by atomic mass is 10.1. The number of nitrogens with one attached hydrogen (secondary N) is 1. The Kier molecular flexibility index (Phi) is 7.11. The lowest BCUT2D eigenvalue weighted by Crippen LogP contribution is -2.25. The molecule has 0 aromatic heterocycles. The molecule has 0 radical (unpaired) electrons. The van der Waals surface area contributed by atoms with Gasteiger partial charge in [0.05, 0.1) is 6.10 Å². The molecule has 2 heteroatoms.